The number of hydrogen-bond acceptors (Lipinski definition) is 5. The molecule has 7 nitrogen and oxygen atoms in total. The summed E-state index contributed by atoms with van der Waals surface area (Å²) in [5.41, 5.74) is 7.01. The molecule has 2 atom stereocenters. The topological polar surface area (TPSA) is 93.9 Å². The molecule has 184 valence electrons. The summed E-state index contributed by atoms with van der Waals surface area (Å²) in [6.45, 7) is 6.83. The number of nitrogens with one attached hydrogen (secondary N) is 1. The molecule has 1 unspecified atom stereocenters. The molecule has 0 spiro atoms. The maximum atomic E-state index is 13.5. The Morgan fingerprint density at radius 2 is 1.85 bits per heavy atom. The fourth-order valence-electron chi connectivity index (χ4n) is 3.93. The number of rotatable bonds is 10. The first-order chi connectivity index (χ1) is 16.3. The van der Waals surface area contributed by atoms with Crippen LogP contribution in [0.1, 0.15) is 44.7 Å². The lowest BCUT2D eigenvalue weighted by molar-refractivity contribution is -0.141. The molecular weight excluding hydrogens is 430 g/mol. The first kappa shape index (κ1) is 25.7. The molecule has 2 aromatic carbocycles. The molecule has 34 heavy (non-hydrogen) atoms. The summed E-state index contributed by atoms with van der Waals surface area (Å²) in [6.07, 6.45) is 2.49. The number of amides is 2. The minimum absolute atomic E-state index is 0.0657. The van der Waals surface area contributed by atoms with E-state index in [1.807, 2.05) is 48.5 Å². The minimum atomic E-state index is -1.10. The van der Waals surface area contributed by atoms with E-state index in [1.54, 1.807) is 18.7 Å². The van der Waals surface area contributed by atoms with Crippen molar-refractivity contribution in [1.29, 1.82) is 0 Å². The van der Waals surface area contributed by atoms with Gasteiger partial charge in [-0.15, -0.1) is 0 Å². The van der Waals surface area contributed by atoms with Crippen LogP contribution in [0.3, 0.4) is 0 Å². The number of carbonyl (C=O) groups is 2. The predicted molar refractivity (Wildman–Crippen MR) is 132 cm³/mol. The Bertz CT molecular complexity index is 942. The van der Waals surface area contributed by atoms with Gasteiger partial charge in [0.05, 0.1) is 25.3 Å². The van der Waals surface area contributed by atoms with Crippen LogP contribution < -0.4 is 15.8 Å². The van der Waals surface area contributed by atoms with Gasteiger partial charge >= 0.3 is 0 Å². The molecule has 1 aliphatic rings. The zero-order valence-electron chi connectivity index (χ0n) is 20.5. The van der Waals surface area contributed by atoms with E-state index in [4.69, 9.17) is 15.2 Å². The van der Waals surface area contributed by atoms with E-state index in [0.717, 1.165) is 36.1 Å². The Labute approximate surface area is 202 Å². The Morgan fingerprint density at radius 3 is 2.56 bits per heavy atom. The van der Waals surface area contributed by atoms with Gasteiger partial charge in [0, 0.05) is 6.54 Å². The van der Waals surface area contributed by atoms with Gasteiger partial charge in [-0.3, -0.25) is 9.59 Å². The third-order valence-electron chi connectivity index (χ3n) is 5.92. The molecule has 0 bridgehead atoms. The van der Waals surface area contributed by atoms with Gasteiger partial charge < -0.3 is 25.4 Å². The largest absolute Gasteiger partial charge is 0.488 e. The minimum Gasteiger partial charge on any atom is -0.488 e. The molecular formula is C27H37N3O4. The molecule has 1 aliphatic heterocycles. The lowest BCUT2D eigenvalue weighted by atomic mass is 10.0. The molecule has 1 fully saturated rings. The summed E-state index contributed by atoms with van der Waals surface area (Å²) in [6, 6.07) is 16.9. The van der Waals surface area contributed by atoms with Crippen LogP contribution in [0.4, 0.5) is 0 Å². The number of nitrogens with zero attached hydrogens (tertiary/aromatic N) is 1. The van der Waals surface area contributed by atoms with Gasteiger partial charge in [0.15, 0.2) is 0 Å². The standard InChI is InChI=1S/C27H37N3O4/c1-4-21-13-8-9-15-24(21)34-22-14-10-16-30(17-22)25(31)23(29-26(32)27(2,3)28)19-33-18-20-11-6-5-7-12-20/h5-9,11-13,15,22-23H,4,10,14,16-19,28H2,1-3H3,(H,29,32)/t22-,23?/m0/s1. The maximum Gasteiger partial charge on any atom is 0.247 e. The van der Waals surface area contributed by atoms with Crippen molar-refractivity contribution in [2.75, 3.05) is 19.7 Å². The summed E-state index contributed by atoms with van der Waals surface area (Å²) in [7, 11) is 0. The molecule has 3 rings (SSSR count). The summed E-state index contributed by atoms with van der Waals surface area (Å²) < 4.78 is 12.1. The van der Waals surface area contributed by atoms with Crippen LogP contribution in [0.15, 0.2) is 54.6 Å². The Morgan fingerprint density at radius 1 is 1.15 bits per heavy atom. The van der Waals surface area contributed by atoms with Crippen molar-refractivity contribution in [3.63, 3.8) is 0 Å². The van der Waals surface area contributed by atoms with Crippen molar-refractivity contribution in [2.45, 2.75) is 64.3 Å². The van der Waals surface area contributed by atoms with E-state index in [9.17, 15) is 9.59 Å². The smallest absolute Gasteiger partial charge is 0.247 e. The average molecular weight is 468 g/mol. The molecule has 3 N–H and O–H groups in total. The number of ether oxygens (including phenoxy) is 2. The van der Waals surface area contributed by atoms with E-state index < -0.39 is 17.5 Å². The number of aryl methyl sites for hydroxylation is 1. The fraction of sp³-hybridized carbons (Fsp3) is 0.481. The molecule has 0 aliphatic carbocycles. The van der Waals surface area contributed by atoms with Crippen LogP contribution in [-0.4, -0.2) is 54.1 Å². The van der Waals surface area contributed by atoms with Crippen LogP contribution in [0.25, 0.3) is 0 Å². The highest BCUT2D eigenvalue weighted by atomic mass is 16.5. The van der Waals surface area contributed by atoms with Crippen LogP contribution >= 0.6 is 0 Å². The van der Waals surface area contributed by atoms with Gasteiger partial charge in [-0.2, -0.15) is 0 Å². The van der Waals surface area contributed by atoms with Gasteiger partial charge in [-0.05, 0) is 50.3 Å². The number of carbonyl (C=O) groups excluding carboxylic acids is 2. The van der Waals surface area contributed by atoms with Crippen molar-refractivity contribution >= 4 is 11.8 Å². The second kappa shape index (κ2) is 12.0. The SMILES string of the molecule is CCc1ccccc1O[C@H]1CCCN(C(=O)C(COCc2ccccc2)NC(=O)C(C)(C)N)C1. The number of hydrogen-bond donors (Lipinski definition) is 2. The van der Waals surface area contributed by atoms with Crippen LogP contribution in [-0.2, 0) is 27.4 Å². The first-order valence-corrected chi connectivity index (χ1v) is 12.0. The highest BCUT2D eigenvalue weighted by Gasteiger charge is 2.33. The van der Waals surface area contributed by atoms with Gasteiger partial charge in [0.2, 0.25) is 11.8 Å². The lowest BCUT2D eigenvalue weighted by Crippen LogP contribution is -2.59. The molecule has 0 saturated carbocycles. The van der Waals surface area contributed by atoms with Crippen molar-refractivity contribution in [3.8, 4) is 5.75 Å². The van der Waals surface area contributed by atoms with E-state index in [2.05, 4.69) is 18.3 Å². The van der Waals surface area contributed by atoms with Crippen molar-refractivity contribution in [2.24, 2.45) is 5.73 Å². The van der Waals surface area contributed by atoms with Gasteiger partial charge in [0.1, 0.15) is 17.9 Å². The van der Waals surface area contributed by atoms with Gasteiger partial charge in [-0.25, -0.2) is 0 Å². The Kier molecular flexibility index (Phi) is 9.07. The highest BCUT2D eigenvalue weighted by molar-refractivity contribution is 5.91. The quantitative estimate of drug-likeness (QED) is 0.560. The van der Waals surface area contributed by atoms with E-state index in [0.29, 0.717) is 19.7 Å². The number of piperidine rings is 1. The molecule has 7 heteroatoms. The maximum absolute atomic E-state index is 13.5. The number of benzene rings is 2. The molecule has 0 radical (unpaired) electrons. The monoisotopic (exact) mass is 467 g/mol. The number of nitrogens with two attached hydrogens (primary N) is 1. The Hall–Kier alpha value is -2.90. The lowest BCUT2D eigenvalue weighted by Gasteiger charge is -2.36. The van der Waals surface area contributed by atoms with Gasteiger partial charge in [-0.1, -0.05) is 55.5 Å². The van der Waals surface area contributed by atoms with Crippen molar-refractivity contribution in [1.82, 2.24) is 10.2 Å². The van der Waals surface area contributed by atoms with Crippen LogP contribution in [0, 0.1) is 0 Å². The van der Waals surface area contributed by atoms with E-state index in [-0.39, 0.29) is 18.6 Å². The van der Waals surface area contributed by atoms with E-state index >= 15 is 0 Å². The zero-order chi connectivity index (χ0) is 24.6. The van der Waals surface area contributed by atoms with Crippen LogP contribution in [0.2, 0.25) is 0 Å². The van der Waals surface area contributed by atoms with Crippen molar-refractivity contribution in [3.05, 3.63) is 65.7 Å². The number of para-hydroxylation sites is 1. The van der Waals surface area contributed by atoms with Crippen LogP contribution in [0.5, 0.6) is 5.75 Å². The second-order valence-electron chi connectivity index (χ2n) is 9.38. The fourth-order valence-corrected chi connectivity index (χ4v) is 3.93. The summed E-state index contributed by atoms with van der Waals surface area (Å²) in [5, 5.41) is 2.80. The summed E-state index contributed by atoms with van der Waals surface area (Å²) in [4.78, 5) is 27.8. The highest BCUT2D eigenvalue weighted by Crippen LogP contribution is 2.23. The molecule has 2 amide bonds. The second-order valence-corrected chi connectivity index (χ2v) is 9.38. The number of likely N-dealkylation sites (tertiary alicyclic amines) is 1. The molecule has 0 aromatic heterocycles. The normalized spacial score (nSPS) is 17.2. The first-order valence-electron chi connectivity index (χ1n) is 12.0. The zero-order valence-corrected chi connectivity index (χ0v) is 20.5. The predicted octanol–water partition coefficient (Wildman–Crippen LogP) is 3.06. The molecule has 2 aromatic rings. The van der Waals surface area contributed by atoms with Gasteiger partial charge in [0.25, 0.3) is 0 Å². The molecule has 1 saturated heterocycles. The summed E-state index contributed by atoms with van der Waals surface area (Å²) in [5.74, 6) is 0.295. The third kappa shape index (κ3) is 7.30. The molecule has 1 heterocycles. The van der Waals surface area contributed by atoms with E-state index in [1.165, 1.54) is 0 Å². The van der Waals surface area contributed by atoms with Crippen molar-refractivity contribution < 1.29 is 19.1 Å². The average Bonchev–Trinajstić information content (AvgIpc) is 2.83. The third-order valence-corrected chi connectivity index (χ3v) is 5.92. The summed E-state index contributed by atoms with van der Waals surface area (Å²) >= 11 is 0. The Balaban J connectivity index is 1.66.